The van der Waals surface area contributed by atoms with Gasteiger partial charge in [-0.05, 0) is 0 Å². The van der Waals surface area contributed by atoms with Crippen molar-refractivity contribution in [2.45, 2.75) is 38.8 Å². The van der Waals surface area contributed by atoms with Gasteiger partial charge in [-0.3, -0.25) is 0 Å². The Morgan fingerprint density at radius 1 is 1.36 bits per heavy atom. The maximum atomic E-state index is 10.6. The van der Waals surface area contributed by atoms with E-state index in [2.05, 4.69) is 13.8 Å². The van der Waals surface area contributed by atoms with Gasteiger partial charge in [0.2, 0.25) is 0 Å². The van der Waals surface area contributed by atoms with E-state index < -0.39 is 25.8 Å². The van der Waals surface area contributed by atoms with Crippen molar-refractivity contribution < 1.29 is 4.92 Å². The van der Waals surface area contributed by atoms with E-state index in [0.29, 0.717) is 0 Å². The molecule has 0 aliphatic heterocycles. The van der Waals surface area contributed by atoms with Crippen molar-refractivity contribution in [3.63, 3.8) is 0 Å². The summed E-state index contributed by atoms with van der Waals surface area (Å²) in [6.45, 7) is 7.79. The number of hydrogen-bond donors (Lipinski definition) is 0. The van der Waals surface area contributed by atoms with E-state index in [1.807, 2.05) is 0 Å². The van der Waals surface area contributed by atoms with Crippen molar-refractivity contribution in [2.75, 3.05) is 0 Å². The summed E-state index contributed by atoms with van der Waals surface area (Å²) in [5, 5.41) is 10.6. The first-order chi connectivity index (χ1) is 4.96. The van der Waals surface area contributed by atoms with E-state index in [0.717, 1.165) is 7.96 Å². The van der Waals surface area contributed by atoms with Crippen molar-refractivity contribution in [3.05, 3.63) is 10.1 Å². The second-order valence-electron chi connectivity index (χ2n) is 3.42. The molecule has 0 aromatic heterocycles. The SMILES string of the molecule is C[CH2][Tl]([CH2]C)[C](C)(C)[N+](=O)[O-]. The fraction of sp³-hybridized carbons (Fsp3) is 1.00. The van der Waals surface area contributed by atoms with Crippen LogP contribution in [0.4, 0.5) is 0 Å². The third-order valence-corrected chi connectivity index (χ3v) is 18.7. The first kappa shape index (κ1) is 11.3. The summed E-state index contributed by atoms with van der Waals surface area (Å²) in [4.78, 5) is 10.6. The third-order valence-electron chi connectivity index (χ3n) is 2.46. The van der Waals surface area contributed by atoms with E-state index >= 15 is 0 Å². The molecule has 0 fully saturated rings. The fourth-order valence-corrected chi connectivity index (χ4v) is 12.6. The summed E-state index contributed by atoms with van der Waals surface area (Å²) in [5.74, 6) is 0. The first-order valence-corrected chi connectivity index (χ1v) is 12.7. The Morgan fingerprint density at radius 3 is 1.82 bits per heavy atom. The van der Waals surface area contributed by atoms with Crippen molar-refractivity contribution in [1.29, 1.82) is 0 Å². The van der Waals surface area contributed by atoms with Crippen molar-refractivity contribution in [2.24, 2.45) is 0 Å². The average Bonchev–Trinajstić information content (AvgIpc) is 1.89. The molecule has 0 aliphatic rings. The standard InChI is InChI=1S/C3H6NO2.2C2H5.Tl/c1-3(2)4(5)6;2*1-2;/h1-2H3;2*1H2,2H3;. The summed E-state index contributed by atoms with van der Waals surface area (Å²) in [5.41, 5.74) is 0. The molecule has 0 aromatic rings. The number of hydrogen-bond acceptors (Lipinski definition) is 2. The molecule has 4 heteroatoms. The van der Waals surface area contributed by atoms with Crippen molar-refractivity contribution in [3.8, 4) is 0 Å². The van der Waals surface area contributed by atoms with Crippen LogP contribution in [0.25, 0.3) is 0 Å². The molecule has 0 unspecified atom stereocenters. The van der Waals surface area contributed by atoms with Crippen LogP contribution in [0.5, 0.6) is 0 Å². The van der Waals surface area contributed by atoms with Gasteiger partial charge >= 0.3 is 76.5 Å². The molecule has 0 saturated heterocycles. The van der Waals surface area contributed by atoms with Gasteiger partial charge in [0, 0.05) is 0 Å². The Morgan fingerprint density at radius 2 is 1.73 bits per heavy atom. The Labute approximate surface area is 76.5 Å². The quantitative estimate of drug-likeness (QED) is 0.443. The first-order valence-electron chi connectivity index (χ1n) is 4.11. The van der Waals surface area contributed by atoms with Gasteiger partial charge < -0.3 is 0 Å². The zero-order chi connectivity index (χ0) is 9.07. The van der Waals surface area contributed by atoms with Gasteiger partial charge in [0.1, 0.15) is 0 Å². The van der Waals surface area contributed by atoms with Crippen molar-refractivity contribution in [1.82, 2.24) is 0 Å². The molecular formula is C7H16NO2Tl. The molecule has 0 amide bonds. The molecule has 0 saturated carbocycles. The molecule has 0 rings (SSSR count). The third kappa shape index (κ3) is 2.68. The van der Waals surface area contributed by atoms with Crippen LogP contribution in [-0.4, -0.2) is 30.7 Å². The molecule has 0 atom stereocenters. The van der Waals surface area contributed by atoms with Gasteiger partial charge in [0.05, 0.1) is 0 Å². The van der Waals surface area contributed by atoms with E-state index in [9.17, 15) is 10.1 Å². The topological polar surface area (TPSA) is 43.1 Å². The second kappa shape index (κ2) is 4.37. The van der Waals surface area contributed by atoms with E-state index in [4.69, 9.17) is 0 Å². The Hall–Kier alpha value is 0.322. The molecule has 11 heavy (non-hydrogen) atoms. The van der Waals surface area contributed by atoms with E-state index in [1.54, 1.807) is 13.8 Å². The molecule has 3 nitrogen and oxygen atoms in total. The molecule has 0 bridgehead atoms. The predicted molar refractivity (Wildman–Crippen MR) is 47.8 cm³/mol. The van der Waals surface area contributed by atoms with Gasteiger partial charge in [-0.25, -0.2) is 0 Å². The summed E-state index contributed by atoms with van der Waals surface area (Å²) in [7, 11) is 0. The van der Waals surface area contributed by atoms with Gasteiger partial charge in [0.15, 0.2) is 0 Å². The van der Waals surface area contributed by atoms with Crippen LogP contribution in [0, 0.1) is 10.1 Å². The van der Waals surface area contributed by atoms with Crippen LogP contribution < -0.4 is 0 Å². The number of nitrogens with zero attached hydrogens (tertiary/aromatic N) is 1. The summed E-state index contributed by atoms with van der Waals surface area (Å²) < 4.78 is 1.67. The summed E-state index contributed by atoms with van der Waals surface area (Å²) in [6.07, 6.45) is 0. The minimum absolute atomic E-state index is 0.0772. The molecule has 0 N–H and O–H groups in total. The summed E-state index contributed by atoms with van der Waals surface area (Å²) >= 11 is -1.97. The van der Waals surface area contributed by atoms with Gasteiger partial charge in [-0.15, -0.1) is 0 Å². The molecule has 0 radical (unpaired) electrons. The van der Waals surface area contributed by atoms with E-state index in [-0.39, 0.29) is 4.92 Å². The molecule has 64 valence electrons. The van der Waals surface area contributed by atoms with Gasteiger partial charge in [-0.2, -0.15) is 0 Å². The Kier molecular flexibility index (Phi) is 4.50. The predicted octanol–water partition coefficient (Wildman–Crippen LogP) is 2.12. The molecular weight excluding hydrogens is 334 g/mol. The van der Waals surface area contributed by atoms with Crippen LogP contribution in [0.15, 0.2) is 0 Å². The molecule has 0 aromatic carbocycles. The Bertz CT molecular complexity index is 143. The van der Waals surface area contributed by atoms with E-state index in [1.165, 1.54) is 0 Å². The van der Waals surface area contributed by atoms with Crippen LogP contribution in [0.1, 0.15) is 27.7 Å². The fourth-order valence-electron chi connectivity index (χ4n) is 1.44. The second-order valence-corrected chi connectivity index (χ2v) is 20.7. The molecule has 0 aliphatic carbocycles. The van der Waals surface area contributed by atoms with Crippen LogP contribution in [0.3, 0.4) is 0 Å². The van der Waals surface area contributed by atoms with Gasteiger partial charge in [-0.1, -0.05) is 0 Å². The zero-order valence-corrected chi connectivity index (χ0v) is 12.2. The maximum absolute atomic E-state index is 10.6. The monoisotopic (exact) mass is 351 g/mol. The zero-order valence-electron chi connectivity index (χ0n) is 7.76. The van der Waals surface area contributed by atoms with Crippen LogP contribution in [0.2, 0.25) is 7.96 Å². The average molecular weight is 351 g/mol. The number of nitro groups is 1. The molecule has 0 spiro atoms. The Balaban J connectivity index is 4.36. The normalized spacial score (nSPS) is 11.3. The summed E-state index contributed by atoms with van der Waals surface area (Å²) in [6, 6.07) is 0. The number of rotatable bonds is 4. The minimum atomic E-state index is -1.97. The van der Waals surface area contributed by atoms with Crippen molar-refractivity contribution >= 4 is 22.7 Å². The van der Waals surface area contributed by atoms with Gasteiger partial charge in [0.25, 0.3) is 0 Å². The molecule has 0 heterocycles. The van der Waals surface area contributed by atoms with Crippen LogP contribution in [-0.2, 0) is 0 Å². The van der Waals surface area contributed by atoms with Crippen LogP contribution >= 0.6 is 0 Å².